The van der Waals surface area contributed by atoms with Crippen molar-refractivity contribution < 1.29 is 67.2 Å². The number of esters is 3. The van der Waals surface area contributed by atoms with Crippen molar-refractivity contribution in [2.45, 2.75) is 207 Å². The smallest absolute Gasteiger partial charge is 0.311 e. The molecule has 346 valence electrons. The number of ether oxygens (including phenoxy) is 9. The van der Waals surface area contributed by atoms with Gasteiger partial charge in [-0.15, -0.1) is 0 Å². The molecule has 0 aromatic heterocycles. The van der Waals surface area contributed by atoms with Crippen LogP contribution >= 0.6 is 0 Å². The molecule has 15 nitrogen and oxygen atoms in total. The summed E-state index contributed by atoms with van der Waals surface area (Å²) >= 11 is 0. The lowest BCUT2D eigenvalue weighted by atomic mass is 9.78. The minimum Gasteiger partial charge on any atom is -0.488 e. The van der Waals surface area contributed by atoms with Crippen molar-refractivity contribution in [2.24, 2.45) is 29.6 Å². The van der Waals surface area contributed by atoms with E-state index in [4.69, 9.17) is 42.6 Å². The summed E-state index contributed by atoms with van der Waals surface area (Å²) in [6, 6.07) is -0.276. The monoisotopic (exact) mass is 856 g/mol. The number of nitrogens with zero attached hydrogens (tertiary/aromatic N) is 1. The van der Waals surface area contributed by atoms with Crippen molar-refractivity contribution >= 4 is 17.9 Å². The summed E-state index contributed by atoms with van der Waals surface area (Å²) in [7, 11) is 5.32. The van der Waals surface area contributed by atoms with Crippen LogP contribution in [0, 0.1) is 29.6 Å². The fraction of sp³-hybridized carbons (Fsp3) is 0.889. The maximum absolute atomic E-state index is 14.8. The van der Waals surface area contributed by atoms with Crippen LogP contribution in [0.15, 0.2) is 11.3 Å². The topological polar surface area (TPSA) is 178 Å². The predicted molar refractivity (Wildman–Crippen MR) is 221 cm³/mol. The van der Waals surface area contributed by atoms with Gasteiger partial charge < -0.3 is 57.7 Å². The molecule has 4 aliphatic heterocycles. The summed E-state index contributed by atoms with van der Waals surface area (Å²) in [5.74, 6) is -4.72. The molecule has 0 saturated carbocycles. The Morgan fingerprint density at radius 3 is 2.08 bits per heavy atom. The Morgan fingerprint density at radius 1 is 0.917 bits per heavy atom. The second-order valence-corrected chi connectivity index (χ2v) is 19.4. The third-order valence-electron chi connectivity index (χ3n) is 13.4. The van der Waals surface area contributed by atoms with E-state index in [9.17, 15) is 24.6 Å². The highest BCUT2D eigenvalue weighted by atomic mass is 16.7. The largest absolute Gasteiger partial charge is 0.488 e. The summed E-state index contributed by atoms with van der Waals surface area (Å²) < 4.78 is 58.6. The molecule has 0 spiro atoms. The molecular weight excluding hydrogens is 778 g/mol. The number of rotatable bonds is 11. The highest BCUT2D eigenvalue weighted by molar-refractivity contribution is 5.74. The highest BCUT2D eigenvalue weighted by Gasteiger charge is 2.58. The number of hydrogen-bond donors (Lipinski definition) is 2. The second-order valence-electron chi connectivity index (χ2n) is 19.4. The highest BCUT2D eigenvalue weighted by Crippen LogP contribution is 2.48. The number of carbonyl (C=O) groups is 3. The number of cyclic esters (lactones) is 1. The third-order valence-corrected chi connectivity index (χ3v) is 13.4. The molecule has 0 amide bonds. The molecule has 17 atom stereocenters. The Morgan fingerprint density at radius 2 is 1.53 bits per heavy atom. The van der Waals surface area contributed by atoms with E-state index >= 15 is 0 Å². The number of hydrogen-bond acceptors (Lipinski definition) is 15. The van der Waals surface area contributed by atoms with Crippen molar-refractivity contribution in [3.8, 4) is 0 Å². The molecular formula is C45H77NO14. The molecule has 2 bridgehead atoms. The molecule has 0 aromatic carbocycles. The van der Waals surface area contributed by atoms with Gasteiger partial charge in [-0.3, -0.25) is 14.4 Å². The van der Waals surface area contributed by atoms with Crippen LogP contribution in [0.1, 0.15) is 123 Å². The Balaban J connectivity index is 1.96. The Hall–Kier alpha value is -2.37. The minimum atomic E-state index is -1.69. The van der Waals surface area contributed by atoms with Crippen molar-refractivity contribution in [3.05, 3.63) is 11.3 Å². The molecule has 60 heavy (non-hydrogen) atoms. The van der Waals surface area contributed by atoms with Gasteiger partial charge in [0.05, 0.1) is 47.6 Å². The molecule has 0 radical (unpaired) electrons. The summed E-state index contributed by atoms with van der Waals surface area (Å²) in [6.07, 6.45) is -7.85. The van der Waals surface area contributed by atoms with Crippen molar-refractivity contribution in [1.82, 2.24) is 4.90 Å². The van der Waals surface area contributed by atoms with Crippen LogP contribution in [0.3, 0.4) is 0 Å². The third kappa shape index (κ3) is 10.4. The first-order chi connectivity index (χ1) is 27.7. The number of aliphatic hydroxyl groups excluding tert-OH is 2. The van der Waals surface area contributed by atoms with Crippen molar-refractivity contribution in [3.63, 3.8) is 0 Å². The molecule has 0 unspecified atom stereocenters. The molecule has 0 aromatic rings. The van der Waals surface area contributed by atoms with Gasteiger partial charge in [0.15, 0.2) is 24.3 Å². The number of carbonyl (C=O) groups excluding carboxylic acids is 3. The van der Waals surface area contributed by atoms with Gasteiger partial charge in [0, 0.05) is 31.9 Å². The van der Waals surface area contributed by atoms with E-state index < -0.39 is 120 Å². The zero-order chi connectivity index (χ0) is 45.4. The summed E-state index contributed by atoms with van der Waals surface area (Å²) in [5.41, 5.74) is -3.03. The van der Waals surface area contributed by atoms with E-state index in [0.29, 0.717) is 18.6 Å². The predicted octanol–water partition coefficient (Wildman–Crippen LogP) is 5.31. The average molecular weight is 856 g/mol. The maximum atomic E-state index is 14.8. The molecule has 3 fully saturated rings. The van der Waals surface area contributed by atoms with Crippen LogP contribution in [0.2, 0.25) is 0 Å². The number of likely N-dealkylation sites (N-methyl/N-ethyl adjacent to an activating group) is 1. The number of methoxy groups -OCH3 is 1. The van der Waals surface area contributed by atoms with E-state index in [0.717, 1.165) is 5.57 Å². The van der Waals surface area contributed by atoms with Crippen LogP contribution in [0.5, 0.6) is 0 Å². The van der Waals surface area contributed by atoms with E-state index in [2.05, 4.69) is 0 Å². The Kier molecular flexibility index (Phi) is 16.4. The lowest BCUT2D eigenvalue weighted by molar-refractivity contribution is -0.316. The molecule has 15 heteroatoms. The molecule has 4 rings (SSSR count). The first kappa shape index (κ1) is 50.3. The van der Waals surface area contributed by atoms with Gasteiger partial charge in [0.25, 0.3) is 0 Å². The van der Waals surface area contributed by atoms with Gasteiger partial charge >= 0.3 is 17.9 Å². The average Bonchev–Trinajstić information content (AvgIpc) is 3.49. The van der Waals surface area contributed by atoms with Crippen LogP contribution in [0.25, 0.3) is 0 Å². The number of fused-ring (bicyclic) bond motifs is 2. The van der Waals surface area contributed by atoms with Gasteiger partial charge in [0.2, 0.25) is 0 Å². The number of aliphatic hydroxyl groups is 2. The molecule has 0 aliphatic carbocycles. The molecule has 4 heterocycles. The van der Waals surface area contributed by atoms with E-state index in [1.165, 1.54) is 7.11 Å². The van der Waals surface area contributed by atoms with Crippen molar-refractivity contribution in [1.29, 1.82) is 0 Å². The summed E-state index contributed by atoms with van der Waals surface area (Å²) in [4.78, 5) is 44.0. The minimum absolute atomic E-state index is 0.137. The van der Waals surface area contributed by atoms with Crippen molar-refractivity contribution in [2.75, 3.05) is 21.2 Å². The zero-order valence-corrected chi connectivity index (χ0v) is 39.3. The molecule has 4 aliphatic rings. The van der Waals surface area contributed by atoms with Gasteiger partial charge in [-0.1, -0.05) is 48.5 Å². The lowest BCUT2D eigenvalue weighted by Gasteiger charge is -2.48. The summed E-state index contributed by atoms with van der Waals surface area (Å²) in [5, 5.41) is 22.8. The lowest BCUT2D eigenvalue weighted by Crippen LogP contribution is -2.60. The maximum Gasteiger partial charge on any atom is 0.311 e. The SMILES string of the molecule is CC[C@H]1OC(=O)[C@H](C)[C@@H](O[C@H]2C[C@@](C)(OC)[C@@H](O)[C@H](C)O2)[C@H](C)[C@@H](O[C@@H]2O[C@H](C)C[C@H](N(C)C)[C@H]2O)[C@@]2(C)CC(C)=C(O2)[C@H](C)[C@@H](OC(=O)C(C)C)[C@]1(C)OC(=O)C(C)C. The van der Waals surface area contributed by atoms with Gasteiger partial charge in [0.1, 0.15) is 35.8 Å². The quantitative estimate of drug-likeness (QED) is 0.202. The Bertz CT molecular complexity index is 1540. The fourth-order valence-corrected chi connectivity index (χ4v) is 9.63. The fourth-order valence-electron chi connectivity index (χ4n) is 9.63. The Labute approximate surface area is 358 Å². The normalized spacial score (nSPS) is 43.2. The van der Waals surface area contributed by atoms with Gasteiger partial charge in [-0.05, 0) is 81.0 Å². The molecule has 3 saturated heterocycles. The molecule has 2 N–H and O–H groups in total. The van der Waals surface area contributed by atoms with Crippen LogP contribution in [0.4, 0.5) is 0 Å². The second kappa shape index (κ2) is 19.6. The van der Waals surface area contributed by atoms with Crippen LogP contribution < -0.4 is 0 Å². The zero-order valence-electron chi connectivity index (χ0n) is 39.3. The summed E-state index contributed by atoms with van der Waals surface area (Å²) in [6.45, 7) is 25.1. The van der Waals surface area contributed by atoms with Gasteiger partial charge in [-0.25, -0.2) is 0 Å². The first-order valence-electron chi connectivity index (χ1n) is 22.0. The van der Waals surface area contributed by atoms with E-state index in [1.54, 1.807) is 55.4 Å². The van der Waals surface area contributed by atoms with Gasteiger partial charge in [-0.2, -0.15) is 0 Å². The van der Waals surface area contributed by atoms with E-state index in [-0.39, 0.29) is 25.0 Å². The first-order valence-corrected chi connectivity index (χ1v) is 22.0. The van der Waals surface area contributed by atoms with Crippen LogP contribution in [-0.2, 0) is 57.0 Å². The standard InChI is InChI=1S/C45H77NO14/c1-18-31-45(14,60-40(50)23(4)5)38(57-39(49)22(2)3)26(8)34-24(6)20-44(13,59-34)37(58-42-33(47)30(46(15)16)19-25(7)53-42)27(9)35(28(10)41(51)55-31)56-32-21-43(12,52-17)36(48)29(11)54-32/h22-23,25-33,35-38,42,47-48H,18-21H2,1-17H3/t25-,26+,27+,28-,29+,30+,31-,32+,33-,35+,36+,37-,38-,42+,43-,44-,45-/m1/s1. The van der Waals surface area contributed by atoms with Crippen LogP contribution in [-0.4, -0.2) is 138 Å². The van der Waals surface area contributed by atoms with E-state index in [1.807, 2.05) is 60.5 Å².